The Morgan fingerprint density at radius 3 is 2.64 bits per heavy atom. The Morgan fingerprint density at radius 2 is 2.21 bits per heavy atom. The number of aliphatic carboxylic acids is 1. The third-order valence-electron chi connectivity index (χ3n) is 2.34. The van der Waals surface area contributed by atoms with Crippen LogP contribution in [0.25, 0.3) is 0 Å². The lowest BCUT2D eigenvalue weighted by Crippen LogP contribution is -2.48. The van der Waals surface area contributed by atoms with E-state index in [0.29, 0.717) is 13.0 Å². The number of carbonyl (C=O) groups is 2. The molecule has 0 radical (unpaired) electrons. The van der Waals surface area contributed by atoms with Crippen LogP contribution in [0, 0.1) is 5.92 Å². The largest absolute Gasteiger partial charge is 0.481 e. The van der Waals surface area contributed by atoms with Crippen LogP contribution in [-0.4, -0.2) is 36.4 Å². The highest BCUT2D eigenvalue weighted by molar-refractivity contribution is 5.72. The lowest BCUT2D eigenvalue weighted by molar-refractivity contribution is -0.146. The molecule has 6 heteroatoms. The maximum atomic E-state index is 10.6. The second-order valence-electron chi connectivity index (χ2n) is 3.25. The van der Waals surface area contributed by atoms with Crippen LogP contribution in [-0.2, 0) is 9.53 Å². The molecule has 14 heavy (non-hydrogen) atoms. The fourth-order valence-corrected chi connectivity index (χ4v) is 1.44. The quantitative estimate of drug-likeness (QED) is 0.523. The van der Waals surface area contributed by atoms with E-state index in [1.165, 1.54) is 0 Å². The van der Waals surface area contributed by atoms with Crippen molar-refractivity contribution >= 4 is 12.1 Å². The molecular weight excluding hydrogens is 188 g/mol. The van der Waals surface area contributed by atoms with Crippen molar-refractivity contribution in [3.8, 4) is 0 Å². The van der Waals surface area contributed by atoms with E-state index in [9.17, 15) is 9.59 Å². The van der Waals surface area contributed by atoms with Crippen molar-refractivity contribution in [1.82, 2.24) is 5.32 Å². The van der Waals surface area contributed by atoms with Crippen LogP contribution in [0.2, 0.25) is 0 Å². The molecule has 1 amide bonds. The first-order chi connectivity index (χ1) is 6.61. The van der Waals surface area contributed by atoms with Crippen molar-refractivity contribution in [2.45, 2.75) is 18.9 Å². The lowest BCUT2D eigenvalue weighted by Gasteiger charge is -2.33. The number of carboxylic acid groups (broad SMARTS) is 1. The fraction of sp³-hybridized carbons (Fsp3) is 0.750. The molecule has 0 bridgehead atoms. The molecule has 1 saturated carbocycles. The van der Waals surface area contributed by atoms with Crippen molar-refractivity contribution in [2.24, 2.45) is 11.7 Å². The summed E-state index contributed by atoms with van der Waals surface area (Å²) in [5, 5.41) is 11.7. The van der Waals surface area contributed by atoms with E-state index >= 15 is 0 Å². The Morgan fingerprint density at radius 1 is 1.50 bits per heavy atom. The fourth-order valence-electron chi connectivity index (χ4n) is 1.44. The molecule has 0 aromatic heterocycles. The lowest BCUT2D eigenvalue weighted by atomic mass is 9.79. The van der Waals surface area contributed by atoms with Crippen molar-refractivity contribution in [3.63, 3.8) is 0 Å². The number of carboxylic acids is 1. The standard InChI is InChI=1S/C8H14N2O4/c9-8(13)14-4-3-10-6-2-1-5(6)7(11)12/h5-6,10H,1-4H2,(H2,9,13)(H,11,12). The number of primary amides is 1. The van der Waals surface area contributed by atoms with Gasteiger partial charge in [0, 0.05) is 12.6 Å². The van der Waals surface area contributed by atoms with E-state index in [1.54, 1.807) is 0 Å². The van der Waals surface area contributed by atoms with Crippen molar-refractivity contribution in [2.75, 3.05) is 13.2 Å². The zero-order chi connectivity index (χ0) is 10.6. The summed E-state index contributed by atoms with van der Waals surface area (Å²) in [6.07, 6.45) is 0.757. The van der Waals surface area contributed by atoms with Crippen LogP contribution in [0.5, 0.6) is 0 Å². The number of hydrogen-bond donors (Lipinski definition) is 3. The number of amides is 1. The van der Waals surface area contributed by atoms with E-state index in [-0.39, 0.29) is 18.6 Å². The highest BCUT2D eigenvalue weighted by atomic mass is 16.5. The molecule has 0 saturated heterocycles. The van der Waals surface area contributed by atoms with Gasteiger partial charge in [-0.3, -0.25) is 4.79 Å². The first kappa shape index (κ1) is 10.8. The van der Waals surface area contributed by atoms with Crippen molar-refractivity contribution in [1.29, 1.82) is 0 Å². The predicted octanol–water partition coefficient (Wildman–Crippen LogP) is -0.466. The smallest absolute Gasteiger partial charge is 0.404 e. The maximum absolute atomic E-state index is 10.6. The molecule has 6 nitrogen and oxygen atoms in total. The average molecular weight is 202 g/mol. The molecule has 2 unspecified atom stereocenters. The van der Waals surface area contributed by atoms with Crippen LogP contribution in [0.3, 0.4) is 0 Å². The molecule has 1 aliphatic rings. The van der Waals surface area contributed by atoms with Crippen molar-refractivity contribution < 1.29 is 19.4 Å². The molecule has 4 N–H and O–H groups in total. The van der Waals surface area contributed by atoms with Gasteiger partial charge in [-0.25, -0.2) is 4.79 Å². The maximum Gasteiger partial charge on any atom is 0.404 e. The first-order valence-electron chi connectivity index (χ1n) is 4.49. The van der Waals surface area contributed by atoms with Gasteiger partial charge in [-0.2, -0.15) is 0 Å². The highest BCUT2D eigenvalue weighted by Gasteiger charge is 2.35. The Labute approximate surface area is 81.4 Å². The predicted molar refractivity (Wildman–Crippen MR) is 47.7 cm³/mol. The van der Waals surface area contributed by atoms with Gasteiger partial charge in [-0.15, -0.1) is 0 Å². The Hall–Kier alpha value is -1.30. The van der Waals surface area contributed by atoms with Gasteiger partial charge in [0.15, 0.2) is 0 Å². The molecule has 0 aromatic rings. The van der Waals surface area contributed by atoms with Gasteiger partial charge in [0.25, 0.3) is 0 Å². The first-order valence-corrected chi connectivity index (χ1v) is 4.49. The van der Waals surface area contributed by atoms with Crippen LogP contribution in [0.15, 0.2) is 0 Å². The number of hydrogen-bond acceptors (Lipinski definition) is 4. The number of nitrogens with two attached hydrogens (primary N) is 1. The molecule has 1 rings (SSSR count). The summed E-state index contributed by atoms with van der Waals surface area (Å²) >= 11 is 0. The van der Waals surface area contributed by atoms with Gasteiger partial charge in [0.1, 0.15) is 6.61 Å². The minimum absolute atomic E-state index is 0.00368. The molecule has 0 heterocycles. The molecule has 80 valence electrons. The Kier molecular flexibility index (Phi) is 3.70. The summed E-state index contributed by atoms with van der Waals surface area (Å²) in [7, 11) is 0. The second kappa shape index (κ2) is 4.80. The van der Waals surface area contributed by atoms with Gasteiger partial charge in [-0.05, 0) is 12.8 Å². The highest BCUT2D eigenvalue weighted by Crippen LogP contribution is 2.27. The molecule has 1 aliphatic carbocycles. The van der Waals surface area contributed by atoms with Gasteiger partial charge in [-0.1, -0.05) is 0 Å². The number of carbonyl (C=O) groups excluding carboxylic acids is 1. The van der Waals surface area contributed by atoms with Crippen LogP contribution in [0.1, 0.15) is 12.8 Å². The van der Waals surface area contributed by atoms with Gasteiger partial charge in [0.05, 0.1) is 5.92 Å². The van der Waals surface area contributed by atoms with Gasteiger partial charge < -0.3 is 20.9 Å². The Bertz CT molecular complexity index is 231. The summed E-state index contributed by atoms with van der Waals surface area (Å²) in [6, 6.07) is 0.00368. The summed E-state index contributed by atoms with van der Waals surface area (Å²) in [4.78, 5) is 20.8. The zero-order valence-corrected chi connectivity index (χ0v) is 7.73. The van der Waals surface area contributed by atoms with E-state index in [0.717, 1.165) is 6.42 Å². The van der Waals surface area contributed by atoms with E-state index in [2.05, 4.69) is 10.1 Å². The molecular formula is C8H14N2O4. The van der Waals surface area contributed by atoms with E-state index < -0.39 is 12.1 Å². The number of rotatable bonds is 5. The van der Waals surface area contributed by atoms with Crippen LogP contribution >= 0.6 is 0 Å². The van der Waals surface area contributed by atoms with Crippen LogP contribution < -0.4 is 11.1 Å². The number of ether oxygens (including phenoxy) is 1. The minimum Gasteiger partial charge on any atom is -0.481 e. The Balaban J connectivity index is 2.07. The van der Waals surface area contributed by atoms with Crippen molar-refractivity contribution in [3.05, 3.63) is 0 Å². The second-order valence-corrected chi connectivity index (χ2v) is 3.25. The van der Waals surface area contributed by atoms with Crippen LogP contribution in [0.4, 0.5) is 4.79 Å². The number of nitrogens with one attached hydrogen (secondary N) is 1. The normalized spacial score (nSPS) is 25.1. The van der Waals surface area contributed by atoms with Gasteiger partial charge in [0.2, 0.25) is 0 Å². The molecule has 1 fully saturated rings. The summed E-state index contributed by atoms with van der Waals surface area (Å²) in [5.74, 6) is -1.08. The van der Waals surface area contributed by atoms with E-state index in [1.807, 2.05) is 0 Å². The average Bonchev–Trinajstić information content (AvgIpc) is 1.99. The SMILES string of the molecule is NC(=O)OCCNC1CCC1C(=O)O. The topological polar surface area (TPSA) is 102 Å². The molecule has 2 atom stereocenters. The third kappa shape index (κ3) is 2.88. The molecule has 0 aliphatic heterocycles. The monoisotopic (exact) mass is 202 g/mol. The molecule has 0 aromatic carbocycles. The summed E-state index contributed by atoms with van der Waals surface area (Å²) in [5.41, 5.74) is 4.75. The third-order valence-corrected chi connectivity index (χ3v) is 2.34. The molecule has 0 spiro atoms. The summed E-state index contributed by atoms with van der Waals surface area (Å²) in [6.45, 7) is 0.621. The van der Waals surface area contributed by atoms with E-state index in [4.69, 9.17) is 10.8 Å². The minimum atomic E-state index is -0.810. The summed E-state index contributed by atoms with van der Waals surface area (Å²) < 4.78 is 4.49. The zero-order valence-electron chi connectivity index (χ0n) is 7.73. The van der Waals surface area contributed by atoms with Gasteiger partial charge >= 0.3 is 12.1 Å².